The number of pyridine rings is 1. The molecule has 5 rings (SSSR count). The topological polar surface area (TPSA) is 42.1 Å². The quantitative estimate of drug-likeness (QED) is 0.679. The maximum atomic E-state index is 6.29. The molecule has 2 N–H and O–H groups in total. The van der Waals surface area contributed by atoms with Crippen LogP contribution in [-0.2, 0) is 6.42 Å². The van der Waals surface area contributed by atoms with Crippen LogP contribution in [0.15, 0.2) is 47.6 Å². The molecule has 3 saturated heterocycles. The number of nitrogens with zero attached hydrogens (tertiary/aromatic N) is 2. The highest BCUT2D eigenvalue weighted by Crippen LogP contribution is 2.47. The summed E-state index contributed by atoms with van der Waals surface area (Å²) in [6.45, 7) is 2.48. The minimum Gasteiger partial charge on any atom is -0.398 e. The summed E-state index contributed by atoms with van der Waals surface area (Å²) >= 11 is 1.80. The van der Waals surface area contributed by atoms with E-state index in [1.165, 1.54) is 42.0 Å². The smallest absolute Gasteiger partial charge is 0.0455 e. The Bertz CT molecular complexity index is 695. The Balaban J connectivity index is 1.72. The van der Waals surface area contributed by atoms with E-state index in [-0.39, 0.29) is 0 Å². The number of aromatic nitrogens is 1. The average Bonchev–Trinajstić information content (AvgIpc) is 2.63. The first-order valence-corrected chi connectivity index (χ1v) is 10.1. The Labute approximate surface area is 148 Å². The number of piperidine rings is 3. The van der Waals surface area contributed by atoms with Crippen molar-refractivity contribution in [3.05, 3.63) is 53.9 Å². The van der Waals surface area contributed by atoms with Crippen LogP contribution in [0, 0.1) is 5.92 Å². The molecule has 2 aromatic rings. The number of thioether (sulfide) groups is 1. The zero-order chi connectivity index (χ0) is 16.5. The largest absolute Gasteiger partial charge is 0.398 e. The molecule has 0 spiro atoms. The van der Waals surface area contributed by atoms with Gasteiger partial charge in [-0.1, -0.05) is 18.2 Å². The van der Waals surface area contributed by atoms with E-state index in [9.17, 15) is 0 Å². The fourth-order valence-electron chi connectivity index (χ4n) is 4.70. The Kier molecular flexibility index (Phi) is 4.51. The summed E-state index contributed by atoms with van der Waals surface area (Å²) in [5.41, 5.74) is 10.0. The lowest BCUT2D eigenvalue weighted by molar-refractivity contribution is 0.0248. The van der Waals surface area contributed by atoms with Crippen molar-refractivity contribution < 1.29 is 0 Å². The molecule has 0 aliphatic carbocycles. The third-order valence-corrected chi connectivity index (χ3v) is 6.65. The van der Waals surface area contributed by atoms with Crippen molar-refractivity contribution in [1.29, 1.82) is 0 Å². The Morgan fingerprint density at radius 1 is 1.21 bits per heavy atom. The van der Waals surface area contributed by atoms with Gasteiger partial charge >= 0.3 is 0 Å². The van der Waals surface area contributed by atoms with Crippen LogP contribution in [0.4, 0.5) is 5.69 Å². The Morgan fingerprint density at radius 3 is 2.75 bits per heavy atom. The standard InChI is InChI=1S/C20H25N3S/c1-24-20-16(5-2-6-17(20)21)19-15-7-10-23(11-8-15)18(19)12-14-4-3-9-22-13-14/h2-6,9,13,15,18-19H,7-8,10-12,21H2,1H3. The van der Waals surface area contributed by atoms with Gasteiger partial charge in [0.05, 0.1) is 0 Å². The third-order valence-electron chi connectivity index (χ3n) is 5.77. The van der Waals surface area contributed by atoms with Gasteiger partial charge in [0, 0.05) is 34.9 Å². The van der Waals surface area contributed by atoms with E-state index in [0.717, 1.165) is 18.0 Å². The maximum Gasteiger partial charge on any atom is 0.0455 e. The van der Waals surface area contributed by atoms with Crippen molar-refractivity contribution in [2.75, 3.05) is 25.1 Å². The number of rotatable bonds is 4. The van der Waals surface area contributed by atoms with Gasteiger partial charge in [-0.2, -0.15) is 0 Å². The van der Waals surface area contributed by atoms with E-state index in [0.29, 0.717) is 12.0 Å². The van der Waals surface area contributed by atoms with Crippen molar-refractivity contribution in [1.82, 2.24) is 9.88 Å². The lowest BCUT2D eigenvalue weighted by Gasteiger charge is -2.52. The molecular formula is C20H25N3S. The van der Waals surface area contributed by atoms with Crippen LogP contribution in [0.5, 0.6) is 0 Å². The molecule has 4 heterocycles. The minimum atomic E-state index is 0.564. The van der Waals surface area contributed by atoms with Crippen LogP contribution in [0.2, 0.25) is 0 Å². The van der Waals surface area contributed by atoms with Crippen LogP contribution in [0.1, 0.15) is 29.9 Å². The lowest BCUT2D eigenvalue weighted by Crippen LogP contribution is -2.54. The van der Waals surface area contributed by atoms with Crippen LogP contribution < -0.4 is 5.73 Å². The predicted octanol–water partition coefficient (Wildman–Crippen LogP) is 3.81. The van der Waals surface area contributed by atoms with E-state index >= 15 is 0 Å². The van der Waals surface area contributed by atoms with E-state index in [2.05, 4.69) is 40.4 Å². The molecule has 4 heteroatoms. The molecule has 3 fully saturated rings. The molecular weight excluding hydrogens is 314 g/mol. The van der Waals surface area contributed by atoms with Crippen LogP contribution in [0.3, 0.4) is 0 Å². The monoisotopic (exact) mass is 339 g/mol. The van der Waals surface area contributed by atoms with Crippen molar-refractivity contribution in [2.45, 2.75) is 36.1 Å². The van der Waals surface area contributed by atoms with Gasteiger partial charge in [0.15, 0.2) is 0 Å². The summed E-state index contributed by atoms with van der Waals surface area (Å²) in [5, 5.41) is 0. The van der Waals surface area contributed by atoms with Gasteiger partial charge in [0.1, 0.15) is 0 Å². The summed E-state index contributed by atoms with van der Waals surface area (Å²) in [7, 11) is 0. The minimum absolute atomic E-state index is 0.564. The van der Waals surface area contributed by atoms with Gasteiger partial charge in [-0.05, 0) is 67.8 Å². The SMILES string of the molecule is CSc1c(N)cccc1C1C2CCN(CC2)C1Cc1cccnc1. The fraction of sp³-hybridized carbons (Fsp3) is 0.450. The van der Waals surface area contributed by atoms with Gasteiger partial charge in [-0.25, -0.2) is 0 Å². The van der Waals surface area contributed by atoms with Gasteiger partial charge in [0.2, 0.25) is 0 Å². The van der Waals surface area contributed by atoms with Gasteiger partial charge in [-0.3, -0.25) is 9.88 Å². The van der Waals surface area contributed by atoms with Crippen molar-refractivity contribution in [3.8, 4) is 0 Å². The van der Waals surface area contributed by atoms with Gasteiger partial charge in [0.25, 0.3) is 0 Å². The summed E-state index contributed by atoms with van der Waals surface area (Å²) in [4.78, 5) is 8.30. The Hall–Kier alpha value is -1.52. The number of anilines is 1. The number of benzene rings is 1. The van der Waals surface area contributed by atoms with Crippen molar-refractivity contribution >= 4 is 17.4 Å². The van der Waals surface area contributed by atoms with E-state index in [4.69, 9.17) is 5.73 Å². The molecule has 2 unspecified atom stereocenters. The third kappa shape index (κ3) is 2.82. The molecule has 0 amide bonds. The van der Waals surface area contributed by atoms with Crippen molar-refractivity contribution in [3.63, 3.8) is 0 Å². The molecule has 1 aromatic heterocycles. The molecule has 0 radical (unpaired) electrons. The van der Waals surface area contributed by atoms with Crippen LogP contribution >= 0.6 is 11.8 Å². The first kappa shape index (κ1) is 16.0. The summed E-state index contributed by atoms with van der Waals surface area (Å²) in [6.07, 6.45) is 9.74. The zero-order valence-electron chi connectivity index (χ0n) is 14.2. The maximum absolute atomic E-state index is 6.29. The van der Waals surface area contributed by atoms with E-state index in [1.54, 1.807) is 11.8 Å². The number of nitrogen functional groups attached to an aromatic ring is 1. The normalized spacial score (nSPS) is 28.9. The molecule has 24 heavy (non-hydrogen) atoms. The molecule has 3 nitrogen and oxygen atoms in total. The number of fused-ring (bicyclic) bond motifs is 3. The molecule has 3 aliphatic rings. The summed E-state index contributed by atoms with van der Waals surface area (Å²) in [6, 6.07) is 11.3. The molecule has 2 bridgehead atoms. The highest BCUT2D eigenvalue weighted by molar-refractivity contribution is 7.98. The highest BCUT2D eigenvalue weighted by atomic mass is 32.2. The number of nitrogens with two attached hydrogens (primary N) is 1. The fourth-order valence-corrected chi connectivity index (χ4v) is 5.44. The van der Waals surface area contributed by atoms with Gasteiger partial charge in [-0.15, -0.1) is 11.8 Å². The summed E-state index contributed by atoms with van der Waals surface area (Å²) < 4.78 is 0. The Morgan fingerprint density at radius 2 is 2.04 bits per heavy atom. The highest BCUT2D eigenvalue weighted by Gasteiger charge is 2.43. The molecule has 2 atom stereocenters. The number of hydrogen-bond donors (Lipinski definition) is 1. The second-order valence-corrected chi connectivity index (χ2v) is 7.82. The first-order valence-electron chi connectivity index (χ1n) is 8.83. The predicted molar refractivity (Wildman–Crippen MR) is 101 cm³/mol. The summed E-state index contributed by atoms with van der Waals surface area (Å²) in [5.74, 6) is 1.36. The zero-order valence-corrected chi connectivity index (χ0v) is 15.0. The molecule has 126 valence electrons. The van der Waals surface area contributed by atoms with E-state index < -0.39 is 0 Å². The van der Waals surface area contributed by atoms with Gasteiger partial charge < -0.3 is 5.73 Å². The van der Waals surface area contributed by atoms with Crippen LogP contribution in [0.25, 0.3) is 0 Å². The first-order chi connectivity index (χ1) is 11.8. The van der Waals surface area contributed by atoms with E-state index in [1.807, 2.05) is 18.5 Å². The van der Waals surface area contributed by atoms with Crippen LogP contribution in [-0.4, -0.2) is 35.3 Å². The molecule has 0 saturated carbocycles. The number of hydrogen-bond acceptors (Lipinski definition) is 4. The second kappa shape index (κ2) is 6.77. The average molecular weight is 340 g/mol. The van der Waals surface area contributed by atoms with Crippen molar-refractivity contribution in [2.24, 2.45) is 5.92 Å². The molecule has 1 aromatic carbocycles. The molecule has 3 aliphatic heterocycles. The second-order valence-electron chi connectivity index (χ2n) is 7.00. The lowest BCUT2D eigenvalue weighted by atomic mass is 9.69.